The summed E-state index contributed by atoms with van der Waals surface area (Å²) in [5.41, 5.74) is -0.467. The maximum absolute atomic E-state index is 13.6. The van der Waals surface area contributed by atoms with Crippen molar-refractivity contribution in [2.45, 2.75) is 9.79 Å². The van der Waals surface area contributed by atoms with Gasteiger partial charge in [0.05, 0.1) is 9.82 Å². The number of hydrogen-bond donors (Lipinski definition) is 0. The van der Waals surface area contributed by atoms with Gasteiger partial charge in [0.25, 0.3) is 5.69 Å². The molecule has 10 heteroatoms. The Bertz CT molecular complexity index is 839. The average Bonchev–Trinajstić information content (AvgIpc) is 2.45. The minimum Gasteiger partial charge on any atom is -0.258 e. The van der Waals surface area contributed by atoms with E-state index in [0.29, 0.717) is 12.1 Å². The lowest BCUT2D eigenvalue weighted by Gasteiger charge is -2.08. The first-order chi connectivity index (χ1) is 10.2. The molecule has 0 fully saturated rings. The van der Waals surface area contributed by atoms with Crippen LogP contribution in [0.4, 0.5) is 23.2 Å². The predicted molar refractivity (Wildman–Crippen MR) is 64.8 cm³/mol. The molecule has 5 nitrogen and oxygen atoms in total. The maximum Gasteiger partial charge on any atom is 0.269 e. The van der Waals surface area contributed by atoms with Crippen molar-refractivity contribution in [2.75, 3.05) is 0 Å². The minimum absolute atomic E-state index is 0.125. The summed E-state index contributed by atoms with van der Waals surface area (Å²) < 4.78 is 77.5. The SMILES string of the molecule is O=[N+]([O-])c1ccc(S(=O)(=O)c2c(F)c(F)cc(F)c2F)cc1. The van der Waals surface area contributed by atoms with Crippen molar-refractivity contribution in [2.24, 2.45) is 0 Å². The molecular weight excluding hydrogens is 330 g/mol. The first-order valence-electron chi connectivity index (χ1n) is 5.48. The van der Waals surface area contributed by atoms with E-state index in [9.17, 15) is 36.1 Å². The lowest BCUT2D eigenvalue weighted by molar-refractivity contribution is -0.384. The molecule has 0 aromatic heterocycles. The number of nitro groups is 1. The van der Waals surface area contributed by atoms with Crippen LogP contribution in [0.2, 0.25) is 0 Å². The van der Waals surface area contributed by atoms with Gasteiger partial charge in [-0.25, -0.2) is 26.0 Å². The molecule has 0 radical (unpaired) electrons. The van der Waals surface area contributed by atoms with Crippen LogP contribution in [0.25, 0.3) is 0 Å². The van der Waals surface area contributed by atoms with Crippen molar-refractivity contribution in [3.63, 3.8) is 0 Å². The second-order valence-corrected chi connectivity index (χ2v) is 5.94. The number of sulfone groups is 1. The normalized spacial score (nSPS) is 11.5. The van der Waals surface area contributed by atoms with Crippen LogP contribution in [0.15, 0.2) is 40.1 Å². The molecule has 0 aliphatic rings. The maximum atomic E-state index is 13.6. The molecule has 0 saturated carbocycles. The van der Waals surface area contributed by atoms with Gasteiger partial charge in [-0.3, -0.25) is 10.1 Å². The van der Waals surface area contributed by atoms with Crippen LogP contribution in [0.1, 0.15) is 0 Å². The van der Waals surface area contributed by atoms with E-state index in [2.05, 4.69) is 0 Å². The quantitative estimate of drug-likeness (QED) is 0.374. The van der Waals surface area contributed by atoms with Gasteiger partial charge in [-0.1, -0.05) is 0 Å². The third kappa shape index (κ3) is 2.52. The zero-order valence-corrected chi connectivity index (χ0v) is 11.2. The van der Waals surface area contributed by atoms with Crippen LogP contribution < -0.4 is 0 Å². The minimum atomic E-state index is -4.94. The number of halogens is 4. The number of nitro benzene ring substituents is 1. The van der Waals surface area contributed by atoms with E-state index in [1.165, 1.54) is 0 Å². The van der Waals surface area contributed by atoms with E-state index in [-0.39, 0.29) is 6.07 Å². The monoisotopic (exact) mass is 335 g/mol. The van der Waals surface area contributed by atoms with Crippen LogP contribution in [-0.2, 0) is 9.84 Å². The molecule has 0 heterocycles. The van der Waals surface area contributed by atoms with Crippen molar-refractivity contribution in [3.05, 3.63) is 63.7 Å². The highest BCUT2D eigenvalue weighted by Crippen LogP contribution is 2.29. The summed E-state index contributed by atoms with van der Waals surface area (Å²) in [5.74, 6) is -7.90. The van der Waals surface area contributed by atoms with E-state index in [4.69, 9.17) is 0 Å². The van der Waals surface area contributed by atoms with Crippen LogP contribution in [0.5, 0.6) is 0 Å². The highest BCUT2D eigenvalue weighted by molar-refractivity contribution is 7.91. The molecular formula is C12H5F4NO4S. The van der Waals surface area contributed by atoms with E-state index in [0.717, 1.165) is 12.1 Å². The summed E-state index contributed by atoms with van der Waals surface area (Å²) in [5, 5.41) is 10.5. The van der Waals surface area contributed by atoms with Gasteiger partial charge in [-0.05, 0) is 12.1 Å². The Labute approximate surface area is 120 Å². The topological polar surface area (TPSA) is 77.3 Å². The first kappa shape index (κ1) is 15.9. The van der Waals surface area contributed by atoms with Gasteiger partial charge in [-0.2, -0.15) is 0 Å². The fourth-order valence-corrected chi connectivity index (χ4v) is 3.05. The molecule has 2 aromatic carbocycles. The Kier molecular flexibility index (Phi) is 3.88. The highest BCUT2D eigenvalue weighted by atomic mass is 32.2. The summed E-state index contributed by atoms with van der Waals surface area (Å²) in [6, 6.07) is 2.83. The first-order valence-corrected chi connectivity index (χ1v) is 6.97. The second kappa shape index (κ2) is 5.37. The zero-order chi connectivity index (χ0) is 16.7. The largest absolute Gasteiger partial charge is 0.269 e. The van der Waals surface area contributed by atoms with E-state index in [1.54, 1.807) is 0 Å². The molecule has 2 aromatic rings. The van der Waals surface area contributed by atoms with Crippen molar-refractivity contribution >= 4 is 15.5 Å². The molecule has 22 heavy (non-hydrogen) atoms. The lowest BCUT2D eigenvalue weighted by atomic mass is 10.3. The summed E-state index contributed by atoms with van der Waals surface area (Å²) in [6.45, 7) is 0. The molecule has 0 spiro atoms. The summed E-state index contributed by atoms with van der Waals surface area (Å²) in [6.07, 6.45) is 0. The Balaban J connectivity index is 2.68. The molecule has 0 unspecified atom stereocenters. The Hall–Kier alpha value is -2.49. The van der Waals surface area contributed by atoms with Gasteiger partial charge >= 0.3 is 0 Å². The van der Waals surface area contributed by atoms with Crippen molar-refractivity contribution in [1.29, 1.82) is 0 Å². The van der Waals surface area contributed by atoms with Crippen LogP contribution in [-0.4, -0.2) is 13.3 Å². The number of non-ortho nitro benzene ring substituents is 1. The van der Waals surface area contributed by atoms with E-state index >= 15 is 0 Å². The molecule has 116 valence electrons. The standard InChI is InChI=1S/C12H5F4NO4S/c13-8-5-9(14)11(16)12(10(8)15)22(20,21)7-3-1-6(2-4-7)17(18)19/h1-5H. The van der Waals surface area contributed by atoms with Gasteiger partial charge in [0.2, 0.25) is 9.84 Å². The predicted octanol–water partition coefficient (Wildman–Crippen LogP) is 2.98. The fourth-order valence-electron chi connectivity index (χ4n) is 1.65. The molecule has 0 aliphatic carbocycles. The van der Waals surface area contributed by atoms with Gasteiger partial charge in [-0.15, -0.1) is 0 Å². The summed E-state index contributed by atoms with van der Waals surface area (Å²) in [4.78, 5) is 7.10. The molecule has 0 amide bonds. The lowest BCUT2D eigenvalue weighted by Crippen LogP contribution is -2.11. The molecule has 0 N–H and O–H groups in total. The Morgan fingerprint density at radius 3 is 1.77 bits per heavy atom. The van der Waals surface area contributed by atoms with Crippen LogP contribution in [0, 0.1) is 33.4 Å². The third-order valence-corrected chi connectivity index (χ3v) is 4.49. The number of rotatable bonds is 3. The molecule has 2 rings (SSSR count). The molecule has 0 aliphatic heterocycles. The van der Waals surface area contributed by atoms with Gasteiger partial charge in [0, 0.05) is 18.2 Å². The highest BCUT2D eigenvalue weighted by Gasteiger charge is 2.31. The zero-order valence-electron chi connectivity index (χ0n) is 10.4. The number of nitrogens with zero attached hydrogens (tertiary/aromatic N) is 1. The Morgan fingerprint density at radius 1 is 0.909 bits per heavy atom. The van der Waals surface area contributed by atoms with Gasteiger partial charge in [0.15, 0.2) is 23.3 Å². The average molecular weight is 335 g/mol. The van der Waals surface area contributed by atoms with Gasteiger partial charge < -0.3 is 0 Å². The fraction of sp³-hybridized carbons (Fsp3) is 0. The molecule has 0 atom stereocenters. The summed E-state index contributed by atoms with van der Waals surface area (Å²) in [7, 11) is -4.94. The molecule has 0 bridgehead atoms. The van der Waals surface area contributed by atoms with Gasteiger partial charge in [0.1, 0.15) is 4.90 Å². The van der Waals surface area contributed by atoms with Crippen molar-refractivity contribution < 1.29 is 30.9 Å². The van der Waals surface area contributed by atoms with E-state index < -0.39 is 53.5 Å². The third-order valence-electron chi connectivity index (χ3n) is 2.70. The van der Waals surface area contributed by atoms with Crippen molar-refractivity contribution in [1.82, 2.24) is 0 Å². The second-order valence-electron chi connectivity index (χ2n) is 4.05. The summed E-state index contributed by atoms with van der Waals surface area (Å²) >= 11 is 0. The molecule has 0 saturated heterocycles. The smallest absolute Gasteiger partial charge is 0.258 e. The van der Waals surface area contributed by atoms with E-state index in [1.807, 2.05) is 0 Å². The Morgan fingerprint density at radius 2 is 1.36 bits per heavy atom. The van der Waals surface area contributed by atoms with Crippen LogP contribution >= 0.6 is 0 Å². The number of hydrogen-bond acceptors (Lipinski definition) is 4. The van der Waals surface area contributed by atoms with Crippen molar-refractivity contribution in [3.8, 4) is 0 Å². The number of benzene rings is 2. The van der Waals surface area contributed by atoms with Crippen LogP contribution in [0.3, 0.4) is 0 Å².